The van der Waals surface area contributed by atoms with Crippen molar-refractivity contribution in [3.8, 4) is 0 Å². The van der Waals surface area contributed by atoms with Crippen molar-refractivity contribution in [2.75, 3.05) is 18.6 Å². The normalized spacial score (nSPS) is 16.1. The Kier molecular flexibility index (Phi) is 4.65. The van der Waals surface area contributed by atoms with Gasteiger partial charge in [-0.15, -0.1) is 11.6 Å². The molecule has 1 aliphatic heterocycles. The molecule has 0 radical (unpaired) electrons. The van der Waals surface area contributed by atoms with E-state index >= 15 is 0 Å². The molecule has 1 aliphatic rings. The molecule has 2 rings (SSSR count). The van der Waals surface area contributed by atoms with Gasteiger partial charge in [-0.3, -0.25) is 9.69 Å². The van der Waals surface area contributed by atoms with Crippen molar-refractivity contribution in [1.29, 1.82) is 0 Å². The van der Waals surface area contributed by atoms with Crippen LogP contribution in [0.4, 0.5) is 10.5 Å². The van der Waals surface area contributed by atoms with Crippen LogP contribution in [-0.2, 0) is 11.2 Å². The van der Waals surface area contributed by atoms with Crippen LogP contribution in [0.5, 0.6) is 0 Å². The number of aryl methyl sites for hydroxylation is 1. The summed E-state index contributed by atoms with van der Waals surface area (Å²) in [6, 6.07) is 5.38. The molecule has 0 aromatic heterocycles. The molecule has 0 spiro atoms. The summed E-state index contributed by atoms with van der Waals surface area (Å²) in [5.41, 5.74) is 2.42. The van der Waals surface area contributed by atoms with Crippen LogP contribution in [0.3, 0.4) is 0 Å². The highest BCUT2D eigenvalue weighted by atomic mass is 35.5. The lowest BCUT2D eigenvalue weighted by Crippen LogP contribution is -2.31. The smallest absolute Gasteiger partial charge is 0.414 e. The fourth-order valence-electron chi connectivity index (χ4n) is 2.44. The summed E-state index contributed by atoms with van der Waals surface area (Å²) >= 11 is 5.85. The van der Waals surface area contributed by atoms with Crippen LogP contribution < -0.4 is 4.90 Å². The molecule has 0 aliphatic carbocycles. The number of Topliss-reactive ketones (excluding diaryl/α,β-unsaturated/α-hetero) is 1. The summed E-state index contributed by atoms with van der Waals surface area (Å²) < 4.78 is 4.82. The van der Waals surface area contributed by atoms with Gasteiger partial charge in [-0.1, -0.05) is 0 Å². The van der Waals surface area contributed by atoms with Crippen molar-refractivity contribution in [2.45, 2.75) is 31.6 Å². The molecule has 108 valence electrons. The van der Waals surface area contributed by atoms with E-state index < -0.39 is 5.38 Å². The van der Waals surface area contributed by atoms with Crippen LogP contribution >= 0.6 is 11.6 Å². The Labute approximate surface area is 123 Å². The number of alkyl halides is 1. The summed E-state index contributed by atoms with van der Waals surface area (Å²) in [7, 11) is 1.37. The maximum Gasteiger partial charge on any atom is 0.414 e. The molecule has 4 nitrogen and oxygen atoms in total. The highest BCUT2D eigenvalue weighted by molar-refractivity contribution is 6.33. The minimum atomic E-state index is -0.546. The molecule has 0 saturated carbocycles. The summed E-state index contributed by atoms with van der Waals surface area (Å²) in [5.74, 6) is -0.0941. The first-order valence-electron chi connectivity index (χ1n) is 6.71. The Morgan fingerprint density at radius 3 is 2.75 bits per heavy atom. The first-order chi connectivity index (χ1) is 9.54. The lowest BCUT2D eigenvalue weighted by molar-refractivity contribution is 0.0991. The van der Waals surface area contributed by atoms with Gasteiger partial charge < -0.3 is 4.74 Å². The van der Waals surface area contributed by atoms with Crippen LogP contribution in [0.15, 0.2) is 18.2 Å². The Hall–Kier alpha value is -1.55. The number of benzene rings is 1. The number of ether oxygens (including phenoxy) is 1. The standard InChI is InChI=1S/C15H18ClNO3/c1-10(16)14(18)12-6-7-13-11(9-12)5-3-4-8-17(13)15(19)20-2/h6-7,9-10H,3-5,8H2,1-2H3. The summed E-state index contributed by atoms with van der Waals surface area (Å²) in [6.07, 6.45) is 2.38. The van der Waals surface area contributed by atoms with E-state index in [1.165, 1.54) is 7.11 Å². The molecule has 0 N–H and O–H groups in total. The quantitative estimate of drug-likeness (QED) is 0.620. The first-order valence-corrected chi connectivity index (χ1v) is 7.15. The number of methoxy groups -OCH3 is 1. The summed E-state index contributed by atoms with van der Waals surface area (Å²) in [6.45, 7) is 2.30. The number of fused-ring (bicyclic) bond motifs is 1. The van der Waals surface area contributed by atoms with Crippen molar-refractivity contribution in [3.63, 3.8) is 0 Å². The van der Waals surface area contributed by atoms with E-state index in [1.807, 2.05) is 12.1 Å². The number of amides is 1. The van der Waals surface area contributed by atoms with Gasteiger partial charge in [0, 0.05) is 12.1 Å². The van der Waals surface area contributed by atoms with Crippen molar-refractivity contribution < 1.29 is 14.3 Å². The molecule has 1 aromatic rings. The average Bonchev–Trinajstić information content (AvgIpc) is 2.67. The van der Waals surface area contributed by atoms with Gasteiger partial charge in [0.05, 0.1) is 18.2 Å². The second-order valence-corrected chi connectivity index (χ2v) is 5.56. The van der Waals surface area contributed by atoms with Crippen molar-refractivity contribution in [3.05, 3.63) is 29.3 Å². The molecular formula is C15H18ClNO3. The number of hydrogen-bond donors (Lipinski definition) is 0. The van der Waals surface area contributed by atoms with E-state index in [9.17, 15) is 9.59 Å². The average molecular weight is 296 g/mol. The predicted molar refractivity (Wildman–Crippen MR) is 78.8 cm³/mol. The predicted octanol–water partition coefficient (Wildman–Crippen LogP) is 3.41. The highest BCUT2D eigenvalue weighted by Gasteiger charge is 2.23. The fraction of sp³-hybridized carbons (Fsp3) is 0.467. The second-order valence-electron chi connectivity index (χ2n) is 4.90. The Balaban J connectivity index is 2.39. The molecule has 1 unspecified atom stereocenters. The minimum Gasteiger partial charge on any atom is -0.452 e. The molecule has 20 heavy (non-hydrogen) atoms. The van der Waals surface area contributed by atoms with Crippen molar-refractivity contribution in [1.82, 2.24) is 0 Å². The number of anilines is 1. The third-order valence-corrected chi connectivity index (χ3v) is 3.69. The van der Waals surface area contributed by atoms with Gasteiger partial charge >= 0.3 is 6.09 Å². The van der Waals surface area contributed by atoms with Gasteiger partial charge in [0.2, 0.25) is 0 Å². The summed E-state index contributed by atoms with van der Waals surface area (Å²) in [5, 5.41) is -0.546. The van der Waals surface area contributed by atoms with Gasteiger partial charge in [0.1, 0.15) is 0 Å². The number of nitrogens with zero attached hydrogens (tertiary/aromatic N) is 1. The second kappa shape index (κ2) is 6.27. The topological polar surface area (TPSA) is 46.6 Å². The maximum absolute atomic E-state index is 12.0. The zero-order chi connectivity index (χ0) is 14.7. The molecular weight excluding hydrogens is 278 g/mol. The molecule has 0 saturated heterocycles. The van der Waals surface area contributed by atoms with Gasteiger partial charge in [-0.25, -0.2) is 4.79 Å². The maximum atomic E-state index is 12.0. The molecule has 0 fully saturated rings. The molecule has 0 bridgehead atoms. The van der Waals surface area contributed by atoms with Crippen LogP contribution in [0.1, 0.15) is 35.7 Å². The lowest BCUT2D eigenvalue weighted by atomic mass is 10.0. The van der Waals surface area contributed by atoms with Crippen molar-refractivity contribution in [2.24, 2.45) is 0 Å². The molecule has 1 heterocycles. The van der Waals surface area contributed by atoms with E-state index in [4.69, 9.17) is 16.3 Å². The van der Waals surface area contributed by atoms with E-state index in [0.29, 0.717) is 12.1 Å². The third kappa shape index (κ3) is 2.96. The zero-order valence-corrected chi connectivity index (χ0v) is 12.4. The van der Waals surface area contributed by atoms with Crippen LogP contribution in [0.25, 0.3) is 0 Å². The SMILES string of the molecule is COC(=O)N1CCCCc2cc(C(=O)C(C)Cl)ccc21. The number of carbonyl (C=O) groups excluding carboxylic acids is 2. The third-order valence-electron chi connectivity index (χ3n) is 3.49. The first kappa shape index (κ1) is 14.9. The Morgan fingerprint density at radius 2 is 2.10 bits per heavy atom. The Morgan fingerprint density at radius 1 is 1.35 bits per heavy atom. The number of halogens is 1. The van der Waals surface area contributed by atoms with Crippen molar-refractivity contribution >= 4 is 29.2 Å². The monoisotopic (exact) mass is 295 g/mol. The summed E-state index contributed by atoms with van der Waals surface area (Å²) in [4.78, 5) is 25.4. The number of carbonyl (C=O) groups is 2. The van der Waals surface area contributed by atoms with E-state index in [2.05, 4.69) is 0 Å². The largest absolute Gasteiger partial charge is 0.452 e. The number of rotatable bonds is 2. The minimum absolute atomic E-state index is 0.0941. The number of ketones is 1. The molecule has 1 aromatic carbocycles. The van der Waals surface area contributed by atoms with E-state index in [1.54, 1.807) is 17.9 Å². The van der Waals surface area contributed by atoms with Gasteiger partial charge in [-0.05, 0) is 49.9 Å². The van der Waals surface area contributed by atoms with Gasteiger partial charge in [0.15, 0.2) is 5.78 Å². The molecule has 1 atom stereocenters. The Bertz CT molecular complexity index is 528. The van der Waals surface area contributed by atoms with Crippen LogP contribution in [-0.4, -0.2) is 30.9 Å². The number of hydrogen-bond acceptors (Lipinski definition) is 3. The van der Waals surface area contributed by atoms with E-state index in [0.717, 1.165) is 30.5 Å². The molecule has 5 heteroatoms. The van der Waals surface area contributed by atoms with Gasteiger partial charge in [0.25, 0.3) is 0 Å². The van der Waals surface area contributed by atoms with E-state index in [-0.39, 0.29) is 11.9 Å². The van der Waals surface area contributed by atoms with Crippen LogP contribution in [0, 0.1) is 0 Å². The fourth-order valence-corrected chi connectivity index (χ4v) is 2.56. The highest BCUT2D eigenvalue weighted by Crippen LogP contribution is 2.28. The molecule has 1 amide bonds. The lowest BCUT2D eigenvalue weighted by Gasteiger charge is -2.21. The zero-order valence-electron chi connectivity index (χ0n) is 11.7. The van der Waals surface area contributed by atoms with Crippen LogP contribution in [0.2, 0.25) is 0 Å². The van der Waals surface area contributed by atoms with Gasteiger partial charge in [-0.2, -0.15) is 0 Å².